The number of thioether (sulfide) groups is 1. The van der Waals surface area contributed by atoms with Crippen molar-refractivity contribution < 1.29 is 27.4 Å². The number of benzene rings is 3. The molecule has 232 valence electrons. The minimum absolute atomic E-state index is 0.144. The number of rotatable bonds is 11. The van der Waals surface area contributed by atoms with E-state index in [-0.39, 0.29) is 12.3 Å². The van der Waals surface area contributed by atoms with Crippen LogP contribution in [0.3, 0.4) is 0 Å². The maximum absolute atomic E-state index is 15.1. The van der Waals surface area contributed by atoms with Gasteiger partial charge in [0.2, 0.25) is 6.35 Å². The van der Waals surface area contributed by atoms with Gasteiger partial charge in [0, 0.05) is 30.1 Å². The van der Waals surface area contributed by atoms with Crippen LogP contribution in [0.5, 0.6) is 5.75 Å². The van der Waals surface area contributed by atoms with Gasteiger partial charge in [-0.25, -0.2) is 19.0 Å². The van der Waals surface area contributed by atoms with Crippen LogP contribution in [0.15, 0.2) is 78.0 Å². The predicted molar refractivity (Wildman–Crippen MR) is 164 cm³/mol. The third kappa shape index (κ3) is 7.96. The van der Waals surface area contributed by atoms with E-state index in [0.717, 1.165) is 36.4 Å². The van der Waals surface area contributed by atoms with Gasteiger partial charge in [-0.3, -0.25) is 5.32 Å². The highest BCUT2D eigenvalue weighted by Crippen LogP contribution is 2.31. The van der Waals surface area contributed by atoms with E-state index in [4.69, 9.17) is 0 Å². The Balaban J connectivity index is 1.18. The van der Waals surface area contributed by atoms with E-state index in [2.05, 4.69) is 62.1 Å². The molecule has 1 aliphatic rings. The van der Waals surface area contributed by atoms with Crippen molar-refractivity contribution in [2.45, 2.75) is 45.6 Å². The summed E-state index contributed by atoms with van der Waals surface area (Å²) < 4.78 is 57.6. The van der Waals surface area contributed by atoms with Gasteiger partial charge in [0.15, 0.2) is 11.0 Å². The lowest BCUT2D eigenvalue weighted by molar-refractivity contribution is -0.274. The molecular weight excluding hydrogens is 596 g/mol. The Hall–Kier alpha value is -3.94. The summed E-state index contributed by atoms with van der Waals surface area (Å²) in [5.41, 5.74) is 5.01. The Bertz CT molecular complexity index is 1580. The number of alkyl halides is 4. The van der Waals surface area contributed by atoms with E-state index in [0.29, 0.717) is 27.8 Å². The Morgan fingerprint density at radius 2 is 1.84 bits per heavy atom. The first kappa shape index (κ1) is 31.5. The molecule has 4 aromatic rings. The van der Waals surface area contributed by atoms with Gasteiger partial charge >= 0.3 is 6.36 Å². The predicted octanol–water partition coefficient (Wildman–Crippen LogP) is 6.58. The van der Waals surface area contributed by atoms with Crippen molar-refractivity contribution in [1.82, 2.24) is 20.1 Å². The number of aliphatic hydroxyl groups excluding tert-OH is 1. The number of halogens is 4. The summed E-state index contributed by atoms with van der Waals surface area (Å²) in [5, 5.41) is 18.4. The molecule has 2 heterocycles. The molecule has 0 amide bonds. The molecule has 2 atom stereocenters. The van der Waals surface area contributed by atoms with Crippen LogP contribution in [0.1, 0.15) is 36.2 Å². The van der Waals surface area contributed by atoms with E-state index in [9.17, 15) is 18.3 Å². The third-order valence-corrected chi connectivity index (χ3v) is 7.87. The van der Waals surface area contributed by atoms with Crippen LogP contribution in [0, 0.1) is 6.92 Å². The smallest absolute Gasteiger partial charge is 0.406 e. The Morgan fingerprint density at radius 3 is 2.55 bits per heavy atom. The van der Waals surface area contributed by atoms with Crippen LogP contribution in [-0.2, 0) is 6.42 Å². The maximum Gasteiger partial charge on any atom is 0.573 e. The van der Waals surface area contributed by atoms with E-state index in [1.165, 1.54) is 40.8 Å². The molecule has 2 unspecified atom stereocenters. The first-order chi connectivity index (χ1) is 21.1. The summed E-state index contributed by atoms with van der Waals surface area (Å²) in [4.78, 5) is 10.8. The molecule has 1 saturated heterocycles. The van der Waals surface area contributed by atoms with Crippen molar-refractivity contribution in [1.29, 1.82) is 0 Å². The van der Waals surface area contributed by atoms with Crippen molar-refractivity contribution >= 4 is 22.6 Å². The van der Waals surface area contributed by atoms with E-state index >= 15 is 4.39 Å². The van der Waals surface area contributed by atoms with Crippen LogP contribution >= 0.6 is 11.8 Å². The van der Waals surface area contributed by atoms with Crippen molar-refractivity contribution in [3.05, 3.63) is 89.7 Å². The van der Waals surface area contributed by atoms with Crippen LogP contribution in [-0.4, -0.2) is 56.6 Å². The molecule has 3 aromatic carbocycles. The van der Waals surface area contributed by atoms with Crippen LogP contribution < -0.4 is 15.0 Å². The first-order valence-corrected chi connectivity index (χ1v) is 15.1. The Kier molecular flexibility index (Phi) is 9.87. The zero-order valence-corrected chi connectivity index (χ0v) is 24.9. The zero-order chi connectivity index (χ0) is 31.3. The minimum Gasteiger partial charge on any atom is -0.406 e. The van der Waals surface area contributed by atoms with Gasteiger partial charge in [0.25, 0.3) is 0 Å². The second kappa shape index (κ2) is 13.8. The summed E-state index contributed by atoms with van der Waals surface area (Å²) in [7, 11) is 0. The molecule has 1 fully saturated rings. The van der Waals surface area contributed by atoms with Gasteiger partial charge in [0.1, 0.15) is 18.2 Å². The number of aliphatic imine (C=N–C) groups is 1. The van der Waals surface area contributed by atoms with Gasteiger partial charge in [0.05, 0.1) is 5.69 Å². The standard InChI is InChI=1S/C31H32F4N6O2S/c1-3-4-22-6-5-20(2)17-27(22)40-15-16-44-30(40)38-29(42)36-18-26(32)21-7-9-23(10-8-21)28-37-19-41(39-28)24-11-13-25(14-12-24)43-31(33,34)35/h5-14,17,19,26,29,36,42H,3-4,15-16,18H2,1-2H3. The number of aromatic nitrogens is 3. The second-order valence-corrected chi connectivity index (χ2v) is 11.3. The molecule has 2 N–H and O–H groups in total. The van der Waals surface area contributed by atoms with Crippen molar-refractivity contribution in [3.63, 3.8) is 0 Å². The number of aryl methyl sites for hydroxylation is 2. The monoisotopic (exact) mass is 628 g/mol. The molecule has 44 heavy (non-hydrogen) atoms. The van der Waals surface area contributed by atoms with Crippen LogP contribution in [0.2, 0.25) is 0 Å². The van der Waals surface area contributed by atoms with Crippen molar-refractivity contribution in [2.75, 3.05) is 23.7 Å². The number of amidine groups is 1. The molecule has 1 aliphatic heterocycles. The largest absolute Gasteiger partial charge is 0.573 e. The average Bonchev–Trinajstić information content (AvgIpc) is 3.67. The highest BCUT2D eigenvalue weighted by atomic mass is 32.2. The zero-order valence-electron chi connectivity index (χ0n) is 24.1. The quantitative estimate of drug-likeness (QED) is 0.143. The van der Waals surface area contributed by atoms with Gasteiger partial charge in [-0.1, -0.05) is 61.5 Å². The summed E-state index contributed by atoms with van der Waals surface area (Å²) in [6.07, 6.45) is -4.04. The molecule has 0 radical (unpaired) electrons. The fourth-order valence-corrected chi connectivity index (χ4v) is 5.75. The number of nitrogens with zero attached hydrogens (tertiary/aromatic N) is 5. The molecule has 0 saturated carbocycles. The lowest BCUT2D eigenvalue weighted by Gasteiger charge is -2.23. The Labute approximate surface area is 256 Å². The summed E-state index contributed by atoms with van der Waals surface area (Å²) in [6, 6.07) is 18.2. The average molecular weight is 629 g/mol. The Morgan fingerprint density at radius 1 is 1.09 bits per heavy atom. The SMILES string of the molecule is CCCc1ccc(C)cc1N1CCSC1=NC(O)NCC(F)c1ccc(-c2ncn(-c3ccc(OC(F)(F)F)cc3)n2)cc1. The van der Waals surface area contributed by atoms with E-state index in [1.54, 1.807) is 36.0 Å². The molecule has 0 spiro atoms. The lowest BCUT2D eigenvalue weighted by atomic mass is 10.0. The molecule has 1 aromatic heterocycles. The topological polar surface area (TPSA) is 87.8 Å². The number of anilines is 1. The van der Waals surface area contributed by atoms with Gasteiger partial charge in [-0.15, -0.1) is 18.3 Å². The number of ether oxygens (including phenoxy) is 1. The first-order valence-electron chi connectivity index (χ1n) is 14.1. The number of aliphatic hydroxyl groups is 1. The fourth-order valence-electron chi connectivity index (χ4n) is 4.78. The molecule has 5 rings (SSSR count). The normalized spacial score (nSPS) is 16.0. The van der Waals surface area contributed by atoms with Crippen LogP contribution in [0.4, 0.5) is 23.2 Å². The van der Waals surface area contributed by atoms with Crippen LogP contribution in [0.25, 0.3) is 17.1 Å². The van der Waals surface area contributed by atoms with Gasteiger partial charge in [-0.05, 0) is 60.4 Å². The maximum atomic E-state index is 15.1. The van der Waals surface area contributed by atoms with E-state index in [1.807, 2.05) is 0 Å². The molecule has 0 aliphatic carbocycles. The second-order valence-electron chi connectivity index (χ2n) is 10.2. The van der Waals surface area contributed by atoms with Crippen molar-refractivity contribution in [2.24, 2.45) is 4.99 Å². The van der Waals surface area contributed by atoms with E-state index < -0.39 is 18.9 Å². The highest BCUT2D eigenvalue weighted by Gasteiger charge is 2.31. The molecule has 0 bridgehead atoms. The fraction of sp³-hybridized carbons (Fsp3) is 0.323. The summed E-state index contributed by atoms with van der Waals surface area (Å²) in [5.74, 6) is 0.871. The summed E-state index contributed by atoms with van der Waals surface area (Å²) in [6.45, 7) is 4.83. The van der Waals surface area contributed by atoms with Gasteiger partial charge in [-0.2, -0.15) is 0 Å². The molecule has 8 nitrogen and oxygen atoms in total. The molecule has 13 heteroatoms. The van der Waals surface area contributed by atoms with Gasteiger partial charge < -0.3 is 14.7 Å². The number of hydrogen-bond acceptors (Lipinski definition) is 7. The third-order valence-electron chi connectivity index (χ3n) is 6.90. The lowest BCUT2D eigenvalue weighted by Crippen LogP contribution is -2.33. The molecular formula is C31H32F4N6O2S. The number of nitrogens with one attached hydrogen (secondary N) is 1. The summed E-state index contributed by atoms with van der Waals surface area (Å²) >= 11 is 1.56. The minimum atomic E-state index is -4.77. The highest BCUT2D eigenvalue weighted by molar-refractivity contribution is 8.14. The number of hydrogen-bond donors (Lipinski definition) is 2. The van der Waals surface area contributed by atoms with Crippen molar-refractivity contribution in [3.8, 4) is 22.8 Å².